The third-order valence-electron chi connectivity index (χ3n) is 9.46. The molecule has 228 valence electrons. The van der Waals surface area contributed by atoms with Crippen LogP contribution in [0, 0.1) is 0 Å². The van der Waals surface area contributed by atoms with Crippen LogP contribution in [0.15, 0.2) is 186 Å². The standard InChI is InChI=1S/C48H30O/c1-3-14-31(15-4-1)35-28-27-34(30-43(35)32-16-5-2-6-17-32)45-37-20-9-11-22-39(37)46(40-23-12-10-21-38(40)45)41-24-13-25-44-47(41)42-29-26-33-18-7-8-19-36(33)48(42)49-44/h1-30H/i2D,5D,6D,16D,17D,27D,28D,30D. The SMILES string of the molecule is [2H]c1c([2H])c([2H])c(-c2c([2H])c(-c3c4ccccc4c(-c4cccc5oc6c7ccccc7ccc6c45)c4ccccc34)c([2H])c([2H])c2-c2ccccc2)c([2H])c1[2H]. The molecule has 0 radical (unpaired) electrons. The molecule has 0 fully saturated rings. The van der Waals surface area contributed by atoms with Gasteiger partial charge in [0.25, 0.3) is 0 Å². The van der Waals surface area contributed by atoms with E-state index in [1.165, 1.54) is 0 Å². The highest BCUT2D eigenvalue weighted by atomic mass is 16.3. The van der Waals surface area contributed by atoms with Crippen molar-refractivity contribution in [3.8, 4) is 44.5 Å². The molecule has 0 spiro atoms. The lowest BCUT2D eigenvalue weighted by Crippen LogP contribution is -1.92. The van der Waals surface area contributed by atoms with Crippen molar-refractivity contribution in [3.63, 3.8) is 0 Å². The number of furan rings is 1. The van der Waals surface area contributed by atoms with Crippen LogP contribution in [0.5, 0.6) is 0 Å². The van der Waals surface area contributed by atoms with Crippen molar-refractivity contribution in [2.45, 2.75) is 0 Å². The first-order valence-electron chi connectivity index (χ1n) is 20.2. The van der Waals surface area contributed by atoms with Crippen LogP contribution in [0.4, 0.5) is 0 Å². The fourth-order valence-electron chi connectivity index (χ4n) is 7.37. The molecule has 1 nitrogen and oxygen atoms in total. The molecule has 1 heterocycles. The Bertz CT molecular complexity index is 3250. The van der Waals surface area contributed by atoms with Crippen LogP contribution in [0.25, 0.3) is 98.8 Å². The van der Waals surface area contributed by atoms with Crippen LogP contribution in [-0.2, 0) is 0 Å². The predicted molar refractivity (Wildman–Crippen MR) is 208 cm³/mol. The van der Waals surface area contributed by atoms with Gasteiger partial charge >= 0.3 is 0 Å². The van der Waals surface area contributed by atoms with Gasteiger partial charge in [-0.25, -0.2) is 0 Å². The van der Waals surface area contributed by atoms with Crippen LogP contribution >= 0.6 is 0 Å². The quantitative estimate of drug-likeness (QED) is 0.176. The molecule has 0 atom stereocenters. The Morgan fingerprint density at radius 1 is 0.388 bits per heavy atom. The van der Waals surface area contributed by atoms with E-state index in [2.05, 4.69) is 30.3 Å². The van der Waals surface area contributed by atoms with E-state index in [9.17, 15) is 4.11 Å². The second-order valence-corrected chi connectivity index (χ2v) is 12.2. The van der Waals surface area contributed by atoms with Gasteiger partial charge in [0.15, 0.2) is 0 Å². The average Bonchev–Trinajstić information content (AvgIpc) is 3.64. The van der Waals surface area contributed by atoms with Crippen molar-refractivity contribution in [3.05, 3.63) is 182 Å². The maximum absolute atomic E-state index is 10.00. The van der Waals surface area contributed by atoms with Gasteiger partial charge in [0.05, 0.1) is 11.0 Å². The summed E-state index contributed by atoms with van der Waals surface area (Å²) in [4.78, 5) is 0. The summed E-state index contributed by atoms with van der Waals surface area (Å²) in [5, 5.41) is 7.24. The molecule has 10 aromatic rings. The van der Waals surface area contributed by atoms with Crippen molar-refractivity contribution in [1.29, 1.82) is 0 Å². The Kier molecular flexibility index (Phi) is 4.69. The van der Waals surface area contributed by atoms with Crippen molar-refractivity contribution >= 4 is 54.3 Å². The van der Waals surface area contributed by atoms with Crippen LogP contribution < -0.4 is 0 Å². The first kappa shape index (κ1) is 20.7. The third kappa shape index (κ3) is 4.33. The molecule has 0 aliphatic heterocycles. The molecule has 10 rings (SSSR count). The number of benzene rings is 9. The Balaban J connectivity index is 1.36. The average molecular weight is 631 g/mol. The Labute approximate surface area is 295 Å². The molecule has 0 amide bonds. The van der Waals surface area contributed by atoms with Gasteiger partial charge in [-0.1, -0.05) is 164 Å². The summed E-state index contributed by atoms with van der Waals surface area (Å²) in [6, 6.07) is 39.8. The zero-order chi connectivity index (χ0) is 39.3. The zero-order valence-corrected chi connectivity index (χ0v) is 26.1. The van der Waals surface area contributed by atoms with Crippen LogP contribution in [0.3, 0.4) is 0 Å². The van der Waals surface area contributed by atoms with Crippen molar-refractivity contribution < 1.29 is 15.4 Å². The molecule has 0 N–H and O–H groups in total. The molecule has 49 heavy (non-hydrogen) atoms. The molecule has 0 bridgehead atoms. The molecule has 0 unspecified atom stereocenters. The number of rotatable bonds is 4. The Morgan fingerprint density at radius 3 is 1.78 bits per heavy atom. The number of hydrogen-bond acceptors (Lipinski definition) is 1. The minimum atomic E-state index is -0.550. The summed E-state index contributed by atoms with van der Waals surface area (Å²) in [6.45, 7) is 0. The molecule has 9 aromatic carbocycles. The predicted octanol–water partition coefficient (Wildman–Crippen LogP) is 13.7. The van der Waals surface area contributed by atoms with Gasteiger partial charge in [-0.15, -0.1) is 0 Å². The molecule has 0 saturated heterocycles. The van der Waals surface area contributed by atoms with Gasteiger partial charge in [0.2, 0.25) is 0 Å². The van der Waals surface area contributed by atoms with Gasteiger partial charge in [-0.05, 0) is 89.6 Å². The number of fused-ring (bicyclic) bond motifs is 7. The molecular formula is C48H30O. The largest absolute Gasteiger partial charge is 0.455 e. The molecule has 1 aromatic heterocycles. The highest BCUT2D eigenvalue weighted by molar-refractivity contribution is 6.27. The minimum absolute atomic E-state index is 0.00769. The summed E-state index contributed by atoms with van der Waals surface area (Å²) in [5.41, 5.74) is 4.62. The van der Waals surface area contributed by atoms with E-state index in [1.807, 2.05) is 78.9 Å². The van der Waals surface area contributed by atoms with Crippen molar-refractivity contribution in [2.24, 2.45) is 0 Å². The van der Waals surface area contributed by atoms with Gasteiger partial charge < -0.3 is 4.42 Å². The monoisotopic (exact) mass is 630 g/mol. The topological polar surface area (TPSA) is 13.1 Å². The van der Waals surface area contributed by atoms with Crippen LogP contribution in [0.2, 0.25) is 0 Å². The first-order chi connectivity index (χ1) is 27.7. The minimum Gasteiger partial charge on any atom is -0.455 e. The van der Waals surface area contributed by atoms with Crippen molar-refractivity contribution in [2.75, 3.05) is 0 Å². The second-order valence-electron chi connectivity index (χ2n) is 12.2. The molecule has 0 aliphatic carbocycles. The summed E-state index contributed by atoms with van der Waals surface area (Å²) < 4.78 is 79.2. The van der Waals surface area contributed by atoms with E-state index in [4.69, 9.17) is 11.3 Å². The molecule has 0 saturated carbocycles. The summed E-state index contributed by atoms with van der Waals surface area (Å²) in [6.07, 6.45) is 0. The highest BCUT2D eigenvalue weighted by Gasteiger charge is 2.21. The summed E-state index contributed by atoms with van der Waals surface area (Å²) in [7, 11) is 0. The first-order valence-corrected chi connectivity index (χ1v) is 16.2. The highest BCUT2D eigenvalue weighted by Crippen LogP contribution is 2.48. The lowest BCUT2D eigenvalue weighted by atomic mass is 9.83. The lowest BCUT2D eigenvalue weighted by molar-refractivity contribution is 0.673. The number of hydrogen-bond donors (Lipinski definition) is 0. The molecule has 1 heteroatoms. The lowest BCUT2D eigenvalue weighted by Gasteiger charge is -2.19. The molecule has 0 aliphatic rings. The van der Waals surface area contributed by atoms with E-state index in [0.717, 1.165) is 65.4 Å². The van der Waals surface area contributed by atoms with E-state index >= 15 is 0 Å². The zero-order valence-electron chi connectivity index (χ0n) is 34.1. The van der Waals surface area contributed by atoms with E-state index < -0.39 is 30.2 Å². The summed E-state index contributed by atoms with van der Waals surface area (Å²) >= 11 is 0. The van der Waals surface area contributed by atoms with Gasteiger partial charge in [0, 0.05) is 16.2 Å². The maximum Gasteiger partial charge on any atom is 0.143 e. The molecular weight excluding hydrogens is 593 g/mol. The fraction of sp³-hybridized carbons (Fsp3) is 0. The summed E-state index contributed by atoms with van der Waals surface area (Å²) in [5.74, 6) is 0. The van der Waals surface area contributed by atoms with Crippen LogP contribution in [0.1, 0.15) is 11.0 Å². The smallest absolute Gasteiger partial charge is 0.143 e. The van der Waals surface area contributed by atoms with E-state index in [1.54, 1.807) is 24.3 Å². The van der Waals surface area contributed by atoms with E-state index in [0.29, 0.717) is 11.1 Å². The van der Waals surface area contributed by atoms with Crippen LogP contribution in [-0.4, -0.2) is 0 Å². The fourth-order valence-corrected chi connectivity index (χ4v) is 7.37. The van der Waals surface area contributed by atoms with E-state index in [-0.39, 0.29) is 40.4 Å². The maximum atomic E-state index is 10.00. The Hall–Kier alpha value is -6.44. The second kappa shape index (κ2) is 11.1. The van der Waals surface area contributed by atoms with Gasteiger partial charge in [0.1, 0.15) is 11.2 Å². The normalized spacial score (nSPS) is 14.0. The third-order valence-corrected chi connectivity index (χ3v) is 9.46. The van der Waals surface area contributed by atoms with Crippen molar-refractivity contribution in [1.82, 2.24) is 0 Å². The van der Waals surface area contributed by atoms with Gasteiger partial charge in [-0.3, -0.25) is 0 Å². The Morgan fingerprint density at radius 2 is 1.04 bits per heavy atom. The van der Waals surface area contributed by atoms with Gasteiger partial charge in [-0.2, -0.15) is 0 Å².